The van der Waals surface area contributed by atoms with Gasteiger partial charge < -0.3 is 6.15 Å². The summed E-state index contributed by atoms with van der Waals surface area (Å²) in [5, 5.41) is 10.5. The number of carbonyl (C=O) groups is 1. The Labute approximate surface area is 121 Å². The minimum absolute atomic E-state index is 0. The van der Waals surface area contributed by atoms with Crippen LogP contribution in [-0.2, 0) is 0 Å². The molecular weight excluding hydrogens is 280 g/mol. The number of ketones is 1. The number of halogens is 1. The fourth-order valence-corrected chi connectivity index (χ4v) is 1.49. The third-order valence-electron chi connectivity index (χ3n) is 2.38. The summed E-state index contributed by atoms with van der Waals surface area (Å²) >= 11 is 4.64. The van der Waals surface area contributed by atoms with Crippen molar-refractivity contribution in [2.24, 2.45) is 0 Å². The molecule has 0 amide bonds. The SMILES string of the molecule is CCl.N.O=C(c1ccccc1)c1ccc([N+](=O)[O-])cc1. The molecule has 0 aliphatic carbocycles. The van der Waals surface area contributed by atoms with E-state index in [2.05, 4.69) is 11.6 Å². The molecule has 0 atom stereocenters. The monoisotopic (exact) mass is 294 g/mol. The molecule has 0 fully saturated rings. The number of hydrogen-bond acceptors (Lipinski definition) is 4. The van der Waals surface area contributed by atoms with E-state index < -0.39 is 4.92 Å². The molecule has 0 saturated heterocycles. The minimum atomic E-state index is -0.489. The van der Waals surface area contributed by atoms with E-state index in [0.29, 0.717) is 11.1 Å². The van der Waals surface area contributed by atoms with Gasteiger partial charge in [0.25, 0.3) is 5.69 Å². The molecular formula is C14H15ClN2O3. The first-order valence-corrected chi connectivity index (χ1v) is 6.16. The predicted molar refractivity (Wildman–Crippen MR) is 79.8 cm³/mol. The molecule has 5 nitrogen and oxygen atoms in total. The van der Waals surface area contributed by atoms with Gasteiger partial charge in [-0.15, -0.1) is 11.6 Å². The van der Waals surface area contributed by atoms with Crippen molar-refractivity contribution in [3.05, 3.63) is 75.8 Å². The van der Waals surface area contributed by atoms with E-state index in [1.165, 1.54) is 30.6 Å². The van der Waals surface area contributed by atoms with E-state index in [9.17, 15) is 14.9 Å². The summed E-state index contributed by atoms with van der Waals surface area (Å²) in [6, 6.07) is 14.4. The Hall–Kier alpha value is -2.24. The smallest absolute Gasteiger partial charge is 0.269 e. The van der Waals surface area contributed by atoms with Crippen LogP contribution in [0.2, 0.25) is 0 Å². The highest BCUT2D eigenvalue weighted by atomic mass is 35.5. The average Bonchev–Trinajstić information content (AvgIpc) is 2.49. The van der Waals surface area contributed by atoms with Crippen LogP contribution in [0.25, 0.3) is 0 Å². The molecule has 0 aliphatic rings. The van der Waals surface area contributed by atoms with E-state index >= 15 is 0 Å². The van der Waals surface area contributed by atoms with Gasteiger partial charge >= 0.3 is 0 Å². The number of rotatable bonds is 3. The third-order valence-corrected chi connectivity index (χ3v) is 2.38. The molecule has 0 spiro atoms. The van der Waals surface area contributed by atoms with Gasteiger partial charge in [0, 0.05) is 29.6 Å². The van der Waals surface area contributed by atoms with Gasteiger partial charge in [-0.2, -0.15) is 0 Å². The van der Waals surface area contributed by atoms with Crippen molar-refractivity contribution >= 4 is 23.1 Å². The van der Waals surface area contributed by atoms with Gasteiger partial charge in [-0.1, -0.05) is 30.3 Å². The van der Waals surface area contributed by atoms with Crippen LogP contribution < -0.4 is 6.15 Å². The molecule has 2 aromatic carbocycles. The zero-order chi connectivity index (χ0) is 14.3. The van der Waals surface area contributed by atoms with Crippen LogP contribution in [0.3, 0.4) is 0 Å². The maximum atomic E-state index is 12.0. The molecule has 0 unspecified atom stereocenters. The maximum Gasteiger partial charge on any atom is 0.269 e. The second-order valence-corrected chi connectivity index (χ2v) is 3.50. The first kappa shape index (κ1) is 17.8. The molecule has 2 rings (SSSR count). The van der Waals surface area contributed by atoms with Crippen LogP contribution in [0.1, 0.15) is 15.9 Å². The molecule has 0 radical (unpaired) electrons. The van der Waals surface area contributed by atoms with Crippen LogP contribution >= 0.6 is 11.6 Å². The Morgan fingerprint density at radius 3 is 1.85 bits per heavy atom. The van der Waals surface area contributed by atoms with Gasteiger partial charge in [-0.25, -0.2) is 0 Å². The number of alkyl halides is 1. The van der Waals surface area contributed by atoms with E-state index in [-0.39, 0.29) is 17.6 Å². The van der Waals surface area contributed by atoms with Crippen molar-refractivity contribution in [1.29, 1.82) is 0 Å². The van der Waals surface area contributed by atoms with E-state index in [0.717, 1.165) is 0 Å². The standard InChI is InChI=1S/C13H9NO3.CH3Cl.H3N/c15-13(10-4-2-1-3-5-10)11-6-8-12(9-7-11)14(16)17;1-2;/h1-9H;1H3;1H3. The number of nitro benzene ring substituents is 1. The third kappa shape index (κ3) is 4.46. The van der Waals surface area contributed by atoms with Gasteiger partial charge in [0.15, 0.2) is 5.78 Å². The van der Waals surface area contributed by atoms with Crippen LogP contribution in [-0.4, -0.2) is 17.1 Å². The largest absolute Gasteiger partial charge is 0.344 e. The number of nitrogens with zero attached hydrogens (tertiary/aromatic N) is 1. The van der Waals surface area contributed by atoms with E-state index in [1.54, 1.807) is 24.3 Å². The summed E-state index contributed by atoms with van der Waals surface area (Å²) in [5.74, 6) is -0.138. The molecule has 106 valence electrons. The van der Waals surface area contributed by atoms with Crippen molar-refractivity contribution in [2.75, 3.05) is 6.38 Å². The first-order chi connectivity index (χ1) is 9.18. The summed E-state index contributed by atoms with van der Waals surface area (Å²) < 4.78 is 0. The van der Waals surface area contributed by atoms with Gasteiger partial charge in [-0.05, 0) is 12.1 Å². The van der Waals surface area contributed by atoms with Crippen molar-refractivity contribution in [3.8, 4) is 0 Å². The van der Waals surface area contributed by atoms with Crippen LogP contribution in [0.15, 0.2) is 54.6 Å². The zero-order valence-corrected chi connectivity index (χ0v) is 11.7. The number of carbonyl (C=O) groups excluding carboxylic acids is 1. The summed E-state index contributed by atoms with van der Waals surface area (Å²) in [4.78, 5) is 21.9. The summed E-state index contributed by atoms with van der Waals surface area (Å²) in [5.41, 5.74) is 0.998. The second-order valence-electron chi connectivity index (χ2n) is 3.50. The lowest BCUT2D eigenvalue weighted by Gasteiger charge is -2.00. The van der Waals surface area contributed by atoms with Gasteiger partial charge in [-0.3, -0.25) is 14.9 Å². The Balaban J connectivity index is 0.00000115. The molecule has 0 aromatic heterocycles. The van der Waals surface area contributed by atoms with Gasteiger partial charge in [0.2, 0.25) is 0 Å². The zero-order valence-electron chi connectivity index (χ0n) is 11.0. The lowest BCUT2D eigenvalue weighted by molar-refractivity contribution is -0.384. The highest BCUT2D eigenvalue weighted by molar-refractivity contribution is 6.15. The molecule has 0 bridgehead atoms. The predicted octanol–water partition coefficient (Wildman–Crippen LogP) is 3.84. The molecule has 2 aromatic rings. The van der Waals surface area contributed by atoms with Crippen molar-refractivity contribution in [3.63, 3.8) is 0 Å². The van der Waals surface area contributed by atoms with E-state index in [1.807, 2.05) is 6.07 Å². The molecule has 6 heteroatoms. The number of hydrogen-bond donors (Lipinski definition) is 1. The Kier molecular flexibility index (Phi) is 7.81. The quantitative estimate of drug-likeness (QED) is 0.402. The van der Waals surface area contributed by atoms with Crippen LogP contribution in [0.4, 0.5) is 5.69 Å². The molecule has 0 heterocycles. The Morgan fingerprint density at radius 1 is 0.950 bits per heavy atom. The maximum absolute atomic E-state index is 12.0. The van der Waals surface area contributed by atoms with Crippen molar-refractivity contribution < 1.29 is 9.72 Å². The fraction of sp³-hybridized carbons (Fsp3) is 0.0714. The first-order valence-electron chi connectivity index (χ1n) is 5.40. The molecule has 0 aliphatic heterocycles. The van der Waals surface area contributed by atoms with Crippen molar-refractivity contribution in [2.45, 2.75) is 0 Å². The topological polar surface area (TPSA) is 95.2 Å². The summed E-state index contributed by atoms with van der Waals surface area (Å²) in [7, 11) is 0. The summed E-state index contributed by atoms with van der Waals surface area (Å²) in [6.07, 6.45) is 1.47. The number of benzene rings is 2. The fourth-order valence-electron chi connectivity index (χ4n) is 1.49. The molecule has 3 N–H and O–H groups in total. The normalized spacial score (nSPS) is 8.70. The van der Waals surface area contributed by atoms with Crippen LogP contribution in [0.5, 0.6) is 0 Å². The lowest BCUT2D eigenvalue weighted by atomic mass is 10.0. The highest BCUT2D eigenvalue weighted by Crippen LogP contribution is 2.15. The van der Waals surface area contributed by atoms with Gasteiger partial charge in [0.1, 0.15) is 0 Å². The highest BCUT2D eigenvalue weighted by Gasteiger charge is 2.10. The van der Waals surface area contributed by atoms with Crippen molar-refractivity contribution in [1.82, 2.24) is 6.15 Å². The average molecular weight is 295 g/mol. The minimum Gasteiger partial charge on any atom is -0.344 e. The second kappa shape index (κ2) is 8.79. The van der Waals surface area contributed by atoms with E-state index in [4.69, 9.17) is 0 Å². The molecule has 20 heavy (non-hydrogen) atoms. The lowest BCUT2D eigenvalue weighted by Crippen LogP contribution is -2.00. The van der Waals surface area contributed by atoms with Gasteiger partial charge in [0.05, 0.1) is 4.92 Å². The summed E-state index contributed by atoms with van der Waals surface area (Å²) in [6.45, 7) is 0. The van der Waals surface area contributed by atoms with Crippen LogP contribution in [0, 0.1) is 10.1 Å². The molecule has 0 saturated carbocycles. The number of nitro groups is 1. The number of non-ortho nitro benzene ring substituents is 1. The Morgan fingerprint density at radius 2 is 1.40 bits per heavy atom. The Bertz CT molecular complexity index is 556.